The molecule has 0 unspecified atom stereocenters. The van der Waals surface area contributed by atoms with Gasteiger partial charge in [-0.1, -0.05) is 54.6 Å². The number of rotatable bonds is 4. The number of fused-ring (bicyclic) bond motifs is 1. The zero-order chi connectivity index (χ0) is 18.8. The van der Waals surface area contributed by atoms with Crippen LogP contribution >= 0.6 is 11.6 Å². The smallest absolute Gasteiger partial charge is 0.271 e. The first kappa shape index (κ1) is 17.2. The van der Waals surface area contributed by atoms with Gasteiger partial charge in [0.1, 0.15) is 11.4 Å². The molecule has 0 aliphatic rings. The van der Waals surface area contributed by atoms with Gasteiger partial charge in [-0.05, 0) is 17.7 Å². The highest BCUT2D eigenvalue weighted by molar-refractivity contribution is 6.17. The Balaban J connectivity index is 1.98. The van der Waals surface area contributed by atoms with Crippen molar-refractivity contribution in [3.63, 3.8) is 0 Å². The van der Waals surface area contributed by atoms with Crippen LogP contribution in [0.25, 0.3) is 28.2 Å². The average Bonchev–Trinajstić information content (AvgIpc) is 3.12. The lowest BCUT2D eigenvalue weighted by atomic mass is 10.0. The van der Waals surface area contributed by atoms with Gasteiger partial charge in [0.2, 0.25) is 0 Å². The number of nitrogens with one attached hydrogen (secondary N) is 1. The zero-order valence-corrected chi connectivity index (χ0v) is 15.4. The van der Waals surface area contributed by atoms with E-state index < -0.39 is 0 Å². The highest BCUT2D eigenvalue weighted by atomic mass is 35.5. The number of aromatic nitrogens is 3. The Bertz CT molecular complexity index is 1100. The number of carbonyl (C=O) groups is 1. The van der Waals surface area contributed by atoms with E-state index in [0.717, 1.165) is 28.1 Å². The van der Waals surface area contributed by atoms with Crippen molar-refractivity contribution >= 4 is 23.2 Å². The van der Waals surface area contributed by atoms with Gasteiger partial charge in [0.25, 0.3) is 5.91 Å². The van der Waals surface area contributed by atoms with Crippen LogP contribution in [-0.4, -0.2) is 27.6 Å². The van der Waals surface area contributed by atoms with Crippen LogP contribution in [0.4, 0.5) is 0 Å². The fourth-order valence-electron chi connectivity index (χ4n) is 2.99. The molecule has 27 heavy (non-hydrogen) atoms. The van der Waals surface area contributed by atoms with Gasteiger partial charge in [0, 0.05) is 24.1 Å². The fourth-order valence-corrected chi connectivity index (χ4v) is 3.17. The summed E-state index contributed by atoms with van der Waals surface area (Å²) in [5.74, 6) is 0.228. The summed E-state index contributed by atoms with van der Waals surface area (Å²) < 4.78 is 1.73. The molecule has 0 saturated heterocycles. The number of nitrogens with zero attached hydrogens (tertiary/aromatic N) is 3. The molecule has 1 amide bonds. The summed E-state index contributed by atoms with van der Waals surface area (Å²) in [6, 6.07) is 21.4. The molecular formula is C21H17ClN4O. The number of hydrogen-bond acceptors (Lipinski definition) is 3. The van der Waals surface area contributed by atoms with Crippen LogP contribution in [0.1, 0.15) is 16.1 Å². The number of halogens is 1. The summed E-state index contributed by atoms with van der Waals surface area (Å²) in [6.07, 6.45) is 0. The minimum atomic E-state index is -0.238. The molecule has 1 N–H and O–H groups in total. The predicted molar refractivity (Wildman–Crippen MR) is 107 cm³/mol. The van der Waals surface area contributed by atoms with Crippen molar-refractivity contribution in [2.75, 3.05) is 7.05 Å². The summed E-state index contributed by atoms with van der Waals surface area (Å²) in [5.41, 5.74) is 5.66. The summed E-state index contributed by atoms with van der Waals surface area (Å²) in [7, 11) is 1.59. The van der Waals surface area contributed by atoms with Gasteiger partial charge in [-0.3, -0.25) is 4.79 Å². The molecule has 0 aliphatic heterocycles. The van der Waals surface area contributed by atoms with Gasteiger partial charge in [0.15, 0.2) is 5.65 Å². The first-order chi connectivity index (χ1) is 13.2. The van der Waals surface area contributed by atoms with Gasteiger partial charge in [-0.2, -0.15) is 5.10 Å². The van der Waals surface area contributed by atoms with Gasteiger partial charge in [-0.15, -0.1) is 11.6 Å². The van der Waals surface area contributed by atoms with Crippen LogP contribution in [0.5, 0.6) is 0 Å². The van der Waals surface area contributed by atoms with Gasteiger partial charge < -0.3 is 5.32 Å². The molecule has 0 fully saturated rings. The second-order valence-electron chi connectivity index (χ2n) is 6.07. The number of amides is 1. The molecule has 4 rings (SSSR count). The van der Waals surface area contributed by atoms with E-state index in [1.54, 1.807) is 23.7 Å². The van der Waals surface area contributed by atoms with E-state index in [4.69, 9.17) is 16.6 Å². The maximum atomic E-state index is 12.0. The molecule has 5 nitrogen and oxygen atoms in total. The molecule has 0 aliphatic carbocycles. The number of carbonyl (C=O) groups excluding carboxylic acids is 1. The van der Waals surface area contributed by atoms with Crippen LogP contribution in [0.15, 0.2) is 66.7 Å². The van der Waals surface area contributed by atoms with E-state index in [0.29, 0.717) is 17.2 Å². The predicted octanol–water partition coefficient (Wildman–Crippen LogP) is 4.16. The fraction of sp³-hybridized carbons (Fsp3) is 0.0952. The quantitative estimate of drug-likeness (QED) is 0.544. The second-order valence-corrected chi connectivity index (χ2v) is 6.34. The molecule has 6 heteroatoms. The largest absolute Gasteiger partial charge is 0.354 e. The molecule has 0 radical (unpaired) electrons. The second kappa shape index (κ2) is 7.21. The topological polar surface area (TPSA) is 59.3 Å². The summed E-state index contributed by atoms with van der Waals surface area (Å²) in [6.45, 7) is 0. The standard InChI is InChI=1S/C21H17ClN4O/c1-23-21(27)17-11-12-18-24-19(15-9-7-14(13-22)8-10-15)20(26(18)25-17)16-5-3-2-4-6-16/h2-12H,13H2,1H3,(H,23,27). The molecule has 2 heterocycles. The van der Waals surface area contributed by atoms with Gasteiger partial charge >= 0.3 is 0 Å². The minimum Gasteiger partial charge on any atom is -0.354 e. The lowest BCUT2D eigenvalue weighted by Crippen LogP contribution is -2.20. The molecule has 0 spiro atoms. The first-order valence-corrected chi connectivity index (χ1v) is 9.07. The average molecular weight is 377 g/mol. The summed E-state index contributed by atoms with van der Waals surface area (Å²) in [4.78, 5) is 16.8. The Morgan fingerprint density at radius 1 is 1.00 bits per heavy atom. The van der Waals surface area contributed by atoms with E-state index in [2.05, 4.69) is 10.4 Å². The van der Waals surface area contributed by atoms with Crippen molar-refractivity contribution in [2.45, 2.75) is 5.88 Å². The van der Waals surface area contributed by atoms with Crippen molar-refractivity contribution in [1.29, 1.82) is 0 Å². The Hall–Kier alpha value is -3.18. The molecule has 0 bridgehead atoms. The Kier molecular flexibility index (Phi) is 4.60. The number of alkyl halides is 1. The van der Waals surface area contributed by atoms with Crippen LogP contribution < -0.4 is 5.32 Å². The molecule has 2 aromatic carbocycles. The lowest BCUT2D eigenvalue weighted by molar-refractivity contribution is 0.0957. The number of benzene rings is 2. The van der Waals surface area contributed by atoms with Gasteiger partial charge in [-0.25, -0.2) is 9.50 Å². The zero-order valence-electron chi connectivity index (χ0n) is 14.7. The van der Waals surface area contributed by atoms with E-state index in [9.17, 15) is 4.79 Å². The Morgan fingerprint density at radius 2 is 1.74 bits per heavy atom. The third-order valence-electron chi connectivity index (χ3n) is 4.37. The van der Waals surface area contributed by atoms with Crippen molar-refractivity contribution < 1.29 is 4.79 Å². The summed E-state index contributed by atoms with van der Waals surface area (Å²) >= 11 is 5.91. The number of imidazole rings is 1. The Morgan fingerprint density at radius 3 is 2.41 bits per heavy atom. The van der Waals surface area contributed by atoms with Crippen molar-refractivity contribution in [1.82, 2.24) is 19.9 Å². The van der Waals surface area contributed by atoms with Crippen LogP contribution in [0.3, 0.4) is 0 Å². The maximum Gasteiger partial charge on any atom is 0.271 e. The lowest BCUT2D eigenvalue weighted by Gasteiger charge is -2.06. The minimum absolute atomic E-state index is 0.238. The van der Waals surface area contributed by atoms with E-state index >= 15 is 0 Å². The van der Waals surface area contributed by atoms with Crippen molar-refractivity contribution in [3.8, 4) is 22.5 Å². The molecule has 4 aromatic rings. The first-order valence-electron chi connectivity index (χ1n) is 8.54. The van der Waals surface area contributed by atoms with Gasteiger partial charge in [0.05, 0.1) is 5.69 Å². The number of hydrogen-bond donors (Lipinski definition) is 1. The van der Waals surface area contributed by atoms with Crippen molar-refractivity contribution in [3.05, 3.63) is 78.0 Å². The van der Waals surface area contributed by atoms with Crippen LogP contribution in [0.2, 0.25) is 0 Å². The highest BCUT2D eigenvalue weighted by Gasteiger charge is 2.18. The molecule has 2 aromatic heterocycles. The Labute approximate surface area is 161 Å². The highest BCUT2D eigenvalue weighted by Crippen LogP contribution is 2.32. The SMILES string of the molecule is CNC(=O)c1ccc2nc(-c3ccc(CCl)cc3)c(-c3ccccc3)n2n1. The van der Waals surface area contributed by atoms with E-state index in [-0.39, 0.29) is 5.91 Å². The summed E-state index contributed by atoms with van der Waals surface area (Å²) in [5, 5.41) is 7.13. The maximum absolute atomic E-state index is 12.0. The van der Waals surface area contributed by atoms with Crippen LogP contribution in [0, 0.1) is 0 Å². The van der Waals surface area contributed by atoms with Crippen molar-refractivity contribution in [2.24, 2.45) is 0 Å². The monoisotopic (exact) mass is 376 g/mol. The molecule has 134 valence electrons. The third kappa shape index (κ3) is 3.17. The van der Waals surface area contributed by atoms with E-state index in [1.165, 1.54) is 0 Å². The molecule has 0 saturated carbocycles. The van der Waals surface area contributed by atoms with Crippen LogP contribution in [-0.2, 0) is 5.88 Å². The third-order valence-corrected chi connectivity index (χ3v) is 4.67. The normalized spacial score (nSPS) is 10.9. The molecular weight excluding hydrogens is 360 g/mol. The van der Waals surface area contributed by atoms with E-state index in [1.807, 2.05) is 54.6 Å². The molecule has 0 atom stereocenters.